The fourth-order valence-corrected chi connectivity index (χ4v) is 4.50. The van der Waals surface area contributed by atoms with Gasteiger partial charge < -0.3 is 21.3 Å². The van der Waals surface area contributed by atoms with Gasteiger partial charge in [0.1, 0.15) is 17.7 Å². The second kappa shape index (κ2) is 11.0. The Labute approximate surface area is 213 Å². The Kier molecular flexibility index (Phi) is 7.82. The molecule has 4 rings (SSSR count). The lowest BCUT2D eigenvalue weighted by Gasteiger charge is -2.34. The third-order valence-corrected chi connectivity index (χ3v) is 6.51. The van der Waals surface area contributed by atoms with Crippen LogP contribution >= 0.6 is 15.9 Å². The summed E-state index contributed by atoms with van der Waals surface area (Å²) in [4.78, 5) is 38.2. The number of benzene rings is 2. The van der Waals surface area contributed by atoms with E-state index in [2.05, 4.69) is 31.5 Å². The van der Waals surface area contributed by atoms with Crippen molar-refractivity contribution in [2.75, 3.05) is 36.8 Å². The van der Waals surface area contributed by atoms with E-state index in [0.29, 0.717) is 44.4 Å². The van der Waals surface area contributed by atoms with Gasteiger partial charge in [0.05, 0.1) is 12.1 Å². The molecule has 9 nitrogen and oxygen atoms in total. The number of nitrogens with zero attached hydrogens (tertiary/aromatic N) is 4. The largest absolute Gasteiger partial charge is 0.368 e. The molecule has 0 radical (unpaired) electrons. The van der Waals surface area contributed by atoms with Crippen LogP contribution in [-0.4, -0.2) is 63.9 Å². The number of hydrogen-bond acceptors (Lipinski definition) is 6. The van der Waals surface area contributed by atoms with Crippen LogP contribution in [0.25, 0.3) is 10.9 Å². The van der Waals surface area contributed by atoms with E-state index in [4.69, 9.17) is 15.7 Å². The minimum Gasteiger partial charge on any atom is -0.368 e. The number of halogens is 1. The summed E-state index contributed by atoms with van der Waals surface area (Å²) in [6.07, 6.45) is 0. The Morgan fingerprint density at radius 2 is 1.80 bits per heavy atom. The highest BCUT2D eigenvalue weighted by Crippen LogP contribution is 2.23. The van der Waals surface area contributed by atoms with E-state index in [1.54, 1.807) is 0 Å². The second-order valence-electron chi connectivity index (χ2n) is 8.98. The van der Waals surface area contributed by atoms with Gasteiger partial charge in [-0.25, -0.2) is 14.8 Å². The van der Waals surface area contributed by atoms with E-state index < -0.39 is 11.9 Å². The van der Waals surface area contributed by atoms with Crippen LogP contribution in [0.4, 0.5) is 16.3 Å². The van der Waals surface area contributed by atoms with E-state index >= 15 is 0 Å². The number of piperazine rings is 1. The fraction of sp³-hybridized carbons (Fsp3) is 0.360. The highest BCUT2D eigenvalue weighted by atomic mass is 79.9. The van der Waals surface area contributed by atoms with Crippen molar-refractivity contribution < 1.29 is 9.59 Å². The van der Waals surface area contributed by atoms with Crippen molar-refractivity contribution in [3.05, 3.63) is 58.8 Å². The zero-order valence-electron chi connectivity index (χ0n) is 19.9. The Hall–Kier alpha value is -3.24. The first-order valence-electron chi connectivity index (χ1n) is 11.7. The van der Waals surface area contributed by atoms with Gasteiger partial charge in [0.2, 0.25) is 5.91 Å². The van der Waals surface area contributed by atoms with Crippen molar-refractivity contribution in [3.63, 3.8) is 0 Å². The van der Waals surface area contributed by atoms with Gasteiger partial charge in [-0.15, -0.1) is 0 Å². The number of nitrogens with one attached hydrogen (secondary N) is 2. The minimum absolute atomic E-state index is 0.0147. The van der Waals surface area contributed by atoms with E-state index in [9.17, 15) is 9.59 Å². The van der Waals surface area contributed by atoms with Crippen LogP contribution in [0.15, 0.2) is 53.0 Å². The standard InChI is InChI=1S/C25H30BrN7O2/c1-16(2)22(23(27)34)31-24-19-8-3-4-9-20(19)29-21(30-24)15-32-10-12-33(13-11-32)25(35)28-18-7-5-6-17(26)14-18/h3-9,14,16,22H,10-13,15H2,1-2H3,(H2,27,34)(H,28,35)(H,29,30,31). The molecule has 1 atom stereocenters. The zero-order chi connectivity index (χ0) is 24.9. The molecule has 1 aromatic heterocycles. The quantitative estimate of drug-likeness (QED) is 0.421. The van der Waals surface area contributed by atoms with E-state index in [1.807, 2.05) is 67.3 Å². The highest BCUT2D eigenvalue weighted by molar-refractivity contribution is 9.10. The van der Waals surface area contributed by atoms with Crippen LogP contribution in [0.2, 0.25) is 0 Å². The third-order valence-electron chi connectivity index (χ3n) is 6.02. The van der Waals surface area contributed by atoms with Gasteiger partial charge >= 0.3 is 6.03 Å². The molecule has 1 fully saturated rings. The van der Waals surface area contributed by atoms with Crippen LogP contribution in [0.3, 0.4) is 0 Å². The van der Waals surface area contributed by atoms with Gasteiger partial charge in [0, 0.05) is 41.7 Å². The first-order valence-corrected chi connectivity index (χ1v) is 12.4. The number of aromatic nitrogens is 2. The van der Waals surface area contributed by atoms with Gasteiger partial charge in [0.15, 0.2) is 0 Å². The predicted octanol–water partition coefficient (Wildman–Crippen LogP) is 3.66. The first kappa shape index (κ1) is 24.9. The van der Waals surface area contributed by atoms with Crippen LogP contribution in [0, 0.1) is 5.92 Å². The Morgan fingerprint density at radius 3 is 2.49 bits per heavy atom. The van der Waals surface area contributed by atoms with E-state index in [1.165, 1.54) is 0 Å². The zero-order valence-corrected chi connectivity index (χ0v) is 21.5. The molecule has 0 spiro atoms. The minimum atomic E-state index is -0.534. The molecule has 3 amide bonds. The molecule has 0 aliphatic carbocycles. The van der Waals surface area contributed by atoms with E-state index in [0.717, 1.165) is 21.1 Å². The summed E-state index contributed by atoms with van der Waals surface area (Å²) in [5.74, 6) is 0.864. The lowest BCUT2D eigenvalue weighted by Crippen LogP contribution is -2.49. The molecule has 184 valence electrons. The smallest absolute Gasteiger partial charge is 0.321 e. The van der Waals surface area contributed by atoms with Gasteiger partial charge in [-0.3, -0.25) is 9.69 Å². The second-order valence-corrected chi connectivity index (χ2v) is 9.89. The molecule has 3 aromatic rings. The van der Waals surface area contributed by atoms with Gasteiger partial charge in [0.25, 0.3) is 0 Å². The molecule has 1 aliphatic heterocycles. The lowest BCUT2D eigenvalue weighted by molar-refractivity contribution is -0.119. The average Bonchev–Trinajstić information content (AvgIpc) is 2.82. The van der Waals surface area contributed by atoms with Crippen molar-refractivity contribution in [1.29, 1.82) is 0 Å². The molecule has 1 unspecified atom stereocenters. The number of carbonyl (C=O) groups is 2. The first-order chi connectivity index (χ1) is 16.8. The SMILES string of the molecule is CC(C)C(Nc1nc(CN2CCN(C(=O)Nc3cccc(Br)c3)CC2)nc2ccccc12)C(N)=O. The summed E-state index contributed by atoms with van der Waals surface area (Å²) in [5.41, 5.74) is 7.18. The maximum Gasteiger partial charge on any atom is 0.321 e. The van der Waals surface area contributed by atoms with Crippen LogP contribution in [-0.2, 0) is 11.3 Å². The monoisotopic (exact) mass is 539 g/mol. The number of amides is 3. The summed E-state index contributed by atoms with van der Waals surface area (Å²) >= 11 is 3.42. The van der Waals surface area contributed by atoms with Crippen molar-refractivity contribution in [3.8, 4) is 0 Å². The molecule has 0 bridgehead atoms. The number of urea groups is 1. The molecule has 35 heavy (non-hydrogen) atoms. The van der Waals surface area contributed by atoms with Gasteiger partial charge in [-0.1, -0.05) is 48.0 Å². The molecular weight excluding hydrogens is 510 g/mol. The molecule has 1 aliphatic rings. The molecule has 1 saturated heterocycles. The maximum absolute atomic E-state index is 12.7. The topological polar surface area (TPSA) is 116 Å². The van der Waals surface area contributed by atoms with Gasteiger partial charge in [-0.05, 0) is 36.2 Å². The average molecular weight is 540 g/mol. The molecule has 2 heterocycles. The molecule has 10 heteroatoms. The Bertz CT molecular complexity index is 1210. The van der Waals surface area contributed by atoms with Crippen LogP contribution < -0.4 is 16.4 Å². The van der Waals surface area contributed by atoms with Crippen LogP contribution in [0.1, 0.15) is 19.7 Å². The predicted molar refractivity (Wildman–Crippen MR) is 141 cm³/mol. The lowest BCUT2D eigenvalue weighted by atomic mass is 10.0. The van der Waals surface area contributed by atoms with Crippen molar-refractivity contribution >= 4 is 50.3 Å². The Morgan fingerprint density at radius 1 is 1.06 bits per heavy atom. The normalized spacial score (nSPS) is 15.3. The van der Waals surface area contributed by atoms with Crippen LogP contribution in [0.5, 0.6) is 0 Å². The number of primary amides is 1. The molecule has 0 saturated carbocycles. The summed E-state index contributed by atoms with van der Waals surface area (Å²) in [5, 5.41) is 7.03. The molecular formula is C25H30BrN7O2. The number of carbonyl (C=O) groups excluding carboxylic acids is 2. The highest BCUT2D eigenvalue weighted by Gasteiger charge is 2.24. The number of anilines is 2. The number of para-hydroxylation sites is 1. The number of hydrogen-bond donors (Lipinski definition) is 3. The molecule has 2 aromatic carbocycles. The Balaban J connectivity index is 1.43. The van der Waals surface area contributed by atoms with Crippen molar-refractivity contribution in [2.24, 2.45) is 11.7 Å². The number of fused-ring (bicyclic) bond motifs is 1. The third kappa shape index (κ3) is 6.26. The van der Waals surface area contributed by atoms with Gasteiger partial charge in [-0.2, -0.15) is 0 Å². The van der Waals surface area contributed by atoms with Crippen molar-refractivity contribution in [1.82, 2.24) is 19.8 Å². The van der Waals surface area contributed by atoms with E-state index in [-0.39, 0.29) is 11.9 Å². The summed E-state index contributed by atoms with van der Waals surface area (Å²) < 4.78 is 0.917. The maximum atomic E-state index is 12.7. The molecule has 4 N–H and O–H groups in total. The van der Waals surface area contributed by atoms with Crippen molar-refractivity contribution in [2.45, 2.75) is 26.4 Å². The summed E-state index contributed by atoms with van der Waals surface area (Å²) in [6, 6.07) is 14.6. The number of rotatable bonds is 7. The summed E-state index contributed by atoms with van der Waals surface area (Å²) in [7, 11) is 0. The summed E-state index contributed by atoms with van der Waals surface area (Å²) in [6.45, 7) is 7.06. The fourth-order valence-electron chi connectivity index (χ4n) is 4.10. The number of nitrogens with two attached hydrogens (primary N) is 1.